The van der Waals surface area contributed by atoms with Gasteiger partial charge >= 0.3 is 0 Å². The van der Waals surface area contributed by atoms with Crippen LogP contribution < -0.4 is 15.9 Å². The Bertz CT molecular complexity index is 926. The van der Waals surface area contributed by atoms with Gasteiger partial charge in [-0.3, -0.25) is 4.79 Å². The average Bonchev–Trinajstić information content (AvgIpc) is 2.68. The second kappa shape index (κ2) is 8.22. The third-order valence-corrected chi connectivity index (χ3v) is 3.92. The molecule has 1 heterocycles. The molecule has 3 rings (SSSR count). The van der Waals surface area contributed by atoms with Crippen molar-refractivity contribution in [1.82, 2.24) is 10.4 Å². The van der Waals surface area contributed by atoms with E-state index in [2.05, 4.69) is 15.5 Å². The number of ether oxygens (including phenoxy) is 1. The molecule has 1 unspecified atom stereocenters. The Kier molecular flexibility index (Phi) is 5.56. The van der Waals surface area contributed by atoms with Crippen LogP contribution in [-0.2, 0) is 11.2 Å². The van der Waals surface area contributed by atoms with Gasteiger partial charge in [-0.2, -0.15) is 5.10 Å². The van der Waals surface area contributed by atoms with Crippen LogP contribution in [0.1, 0.15) is 11.3 Å². The van der Waals surface area contributed by atoms with Crippen LogP contribution in [0, 0.1) is 0 Å². The van der Waals surface area contributed by atoms with Crippen LogP contribution in [0.5, 0.6) is 5.75 Å². The lowest BCUT2D eigenvalue weighted by molar-refractivity contribution is -0.122. The first-order valence-electron chi connectivity index (χ1n) is 8.23. The van der Waals surface area contributed by atoms with Gasteiger partial charge in [-0.15, -0.1) is 0 Å². The Morgan fingerprint density at radius 3 is 2.81 bits per heavy atom. The number of benzene rings is 2. The van der Waals surface area contributed by atoms with Gasteiger partial charge in [0.05, 0.1) is 30.6 Å². The Hall–Kier alpha value is -3.25. The van der Waals surface area contributed by atoms with Crippen LogP contribution in [0.2, 0.25) is 0 Å². The summed E-state index contributed by atoms with van der Waals surface area (Å²) in [6, 6.07) is 18.3. The summed E-state index contributed by atoms with van der Waals surface area (Å²) in [4.78, 5) is 16.5. The minimum atomic E-state index is -0.661. The molecular weight excluding hydrogens is 328 g/mol. The quantitative estimate of drug-likeness (QED) is 0.528. The second-order valence-electron chi connectivity index (χ2n) is 5.83. The summed E-state index contributed by atoms with van der Waals surface area (Å²) in [6.45, 7) is 0. The Balaban J connectivity index is 1.60. The maximum atomic E-state index is 12.0. The second-order valence-corrected chi connectivity index (χ2v) is 5.83. The molecule has 0 saturated carbocycles. The normalized spacial score (nSPS) is 12.2. The predicted molar refractivity (Wildman–Crippen MR) is 102 cm³/mol. The molecule has 2 aromatic carbocycles. The molecule has 26 heavy (non-hydrogen) atoms. The van der Waals surface area contributed by atoms with Crippen molar-refractivity contribution in [3.63, 3.8) is 0 Å². The van der Waals surface area contributed by atoms with Crippen LogP contribution in [-0.4, -0.2) is 30.3 Å². The third-order valence-electron chi connectivity index (χ3n) is 3.92. The number of hydrogen-bond acceptors (Lipinski definition) is 5. The highest BCUT2D eigenvalue weighted by atomic mass is 16.5. The predicted octanol–water partition coefficient (Wildman–Crippen LogP) is 2.26. The average molecular weight is 348 g/mol. The number of nitrogens with one attached hydrogen (secondary N) is 1. The molecule has 3 aromatic rings. The molecule has 0 fully saturated rings. The van der Waals surface area contributed by atoms with E-state index in [1.165, 1.54) is 6.21 Å². The van der Waals surface area contributed by atoms with Crippen molar-refractivity contribution in [1.29, 1.82) is 0 Å². The number of rotatable bonds is 6. The van der Waals surface area contributed by atoms with Crippen molar-refractivity contribution in [2.75, 3.05) is 7.11 Å². The van der Waals surface area contributed by atoms with Crippen molar-refractivity contribution < 1.29 is 9.53 Å². The lowest BCUT2D eigenvalue weighted by Crippen LogP contribution is -2.39. The standard InChI is InChI=1S/C20H20N4O2/c1-26-17-9-10-19-15(12-17)7-8-16(23-19)13-22-24-20(25)18(21)11-14-5-3-2-4-6-14/h2-10,12-13,18H,11,21H2,1H3,(H,24,25). The minimum Gasteiger partial charge on any atom is -0.497 e. The molecule has 3 N–H and O–H groups in total. The van der Waals surface area contributed by atoms with E-state index in [1.54, 1.807) is 7.11 Å². The fraction of sp³-hybridized carbons (Fsp3) is 0.150. The summed E-state index contributed by atoms with van der Waals surface area (Å²) in [5.74, 6) is 0.441. The fourth-order valence-corrected chi connectivity index (χ4v) is 2.52. The maximum absolute atomic E-state index is 12.0. The summed E-state index contributed by atoms with van der Waals surface area (Å²) in [7, 11) is 1.63. The molecule has 0 bridgehead atoms. The molecule has 1 amide bonds. The summed E-state index contributed by atoms with van der Waals surface area (Å²) in [5, 5.41) is 4.92. The summed E-state index contributed by atoms with van der Waals surface area (Å²) < 4.78 is 5.20. The van der Waals surface area contributed by atoms with E-state index in [1.807, 2.05) is 60.7 Å². The molecule has 6 nitrogen and oxygen atoms in total. The summed E-state index contributed by atoms with van der Waals surface area (Å²) in [6.07, 6.45) is 1.95. The van der Waals surface area contributed by atoms with Crippen LogP contribution in [0.15, 0.2) is 65.8 Å². The molecule has 0 saturated heterocycles. The molecule has 0 radical (unpaired) electrons. The van der Waals surface area contributed by atoms with Crippen molar-refractivity contribution in [3.8, 4) is 5.75 Å². The lowest BCUT2D eigenvalue weighted by atomic mass is 10.1. The first kappa shape index (κ1) is 17.6. The van der Waals surface area contributed by atoms with Gasteiger partial charge in [-0.25, -0.2) is 10.4 Å². The van der Waals surface area contributed by atoms with Crippen molar-refractivity contribution in [2.45, 2.75) is 12.5 Å². The minimum absolute atomic E-state index is 0.337. The Morgan fingerprint density at radius 2 is 2.04 bits per heavy atom. The highest BCUT2D eigenvalue weighted by Crippen LogP contribution is 2.19. The number of nitrogens with zero attached hydrogens (tertiary/aromatic N) is 2. The SMILES string of the molecule is COc1ccc2nc(C=NNC(=O)C(N)Cc3ccccc3)ccc2c1. The van der Waals surface area contributed by atoms with Gasteiger partial charge in [0.25, 0.3) is 5.91 Å². The van der Waals surface area contributed by atoms with Gasteiger partial charge in [-0.05, 0) is 36.2 Å². The van der Waals surface area contributed by atoms with Crippen molar-refractivity contribution >= 4 is 23.0 Å². The molecule has 1 atom stereocenters. The Morgan fingerprint density at radius 1 is 1.23 bits per heavy atom. The van der Waals surface area contributed by atoms with Crippen LogP contribution in [0.4, 0.5) is 0 Å². The molecule has 0 aliphatic rings. The molecule has 6 heteroatoms. The number of carbonyl (C=O) groups is 1. The van der Waals surface area contributed by atoms with E-state index in [9.17, 15) is 4.79 Å². The fourth-order valence-electron chi connectivity index (χ4n) is 2.52. The zero-order valence-corrected chi connectivity index (χ0v) is 14.4. The topological polar surface area (TPSA) is 89.6 Å². The number of fused-ring (bicyclic) bond motifs is 1. The van der Waals surface area contributed by atoms with Crippen LogP contribution in [0.25, 0.3) is 10.9 Å². The van der Waals surface area contributed by atoms with Crippen LogP contribution in [0.3, 0.4) is 0 Å². The third kappa shape index (κ3) is 4.43. The largest absolute Gasteiger partial charge is 0.497 e. The molecule has 0 aliphatic carbocycles. The summed E-state index contributed by atoms with van der Waals surface area (Å²) in [5.41, 5.74) is 10.8. The summed E-state index contributed by atoms with van der Waals surface area (Å²) >= 11 is 0. The van der Waals surface area contributed by atoms with Gasteiger partial charge in [0.1, 0.15) is 5.75 Å². The molecule has 132 valence electrons. The highest BCUT2D eigenvalue weighted by molar-refractivity contribution is 5.87. The molecule has 1 aromatic heterocycles. The van der Waals surface area contributed by atoms with Crippen molar-refractivity contribution in [2.24, 2.45) is 10.8 Å². The number of pyridine rings is 1. The van der Waals surface area contributed by atoms with Gasteiger partial charge in [0.15, 0.2) is 0 Å². The first-order chi connectivity index (χ1) is 12.7. The van der Waals surface area contributed by atoms with E-state index in [0.29, 0.717) is 12.1 Å². The van der Waals surface area contributed by atoms with Gasteiger partial charge in [0, 0.05) is 5.39 Å². The molecule has 0 aliphatic heterocycles. The first-order valence-corrected chi connectivity index (χ1v) is 8.23. The van der Waals surface area contributed by atoms with Crippen molar-refractivity contribution in [3.05, 3.63) is 71.9 Å². The number of hydrazone groups is 1. The highest BCUT2D eigenvalue weighted by Gasteiger charge is 2.13. The van der Waals surface area contributed by atoms with Gasteiger partial charge in [-0.1, -0.05) is 36.4 Å². The molecule has 0 spiro atoms. The maximum Gasteiger partial charge on any atom is 0.257 e. The monoisotopic (exact) mass is 348 g/mol. The zero-order valence-electron chi connectivity index (χ0n) is 14.4. The zero-order chi connectivity index (χ0) is 18.4. The lowest BCUT2D eigenvalue weighted by Gasteiger charge is -2.09. The van der Waals surface area contributed by atoms with Gasteiger partial charge < -0.3 is 10.5 Å². The van der Waals surface area contributed by atoms with E-state index in [-0.39, 0.29) is 5.91 Å². The smallest absolute Gasteiger partial charge is 0.257 e. The number of carbonyl (C=O) groups excluding carboxylic acids is 1. The number of aromatic nitrogens is 1. The molecular formula is C20H20N4O2. The number of nitrogens with two attached hydrogens (primary N) is 1. The number of methoxy groups -OCH3 is 1. The van der Waals surface area contributed by atoms with E-state index < -0.39 is 6.04 Å². The number of hydrogen-bond donors (Lipinski definition) is 2. The van der Waals surface area contributed by atoms with Gasteiger partial charge in [0.2, 0.25) is 0 Å². The number of amides is 1. The van der Waals surface area contributed by atoms with E-state index in [4.69, 9.17) is 10.5 Å². The van der Waals surface area contributed by atoms with Crippen LogP contribution >= 0.6 is 0 Å². The van der Waals surface area contributed by atoms with E-state index in [0.717, 1.165) is 22.2 Å². The van der Waals surface area contributed by atoms with E-state index >= 15 is 0 Å². The Labute approximate surface area is 151 Å².